The number of carbonyl (C=O) groups is 2. The molecular weight excluding hydrogens is 458 g/mol. The Kier molecular flexibility index (Phi) is 5.96. The summed E-state index contributed by atoms with van der Waals surface area (Å²) < 4.78 is 3.01. The molecule has 36 heavy (non-hydrogen) atoms. The topological polar surface area (TPSA) is 128 Å². The number of hydrogen-bond donors (Lipinski definition) is 2. The van der Waals surface area contributed by atoms with Gasteiger partial charge in [0, 0.05) is 24.3 Å². The summed E-state index contributed by atoms with van der Waals surface area (Å²) in [7, 11) is 0. The fourth-order valence-electron chi connectivity index (χ4n) is 4.45. The van der Waals surface area contributed by atoms with Gasteiger partial charge in [0.05, 0.1) is 11.7 Å². The van der Waals surface area contributed by atoms with Gasteiger partial charge in [-0.2, -0.15) is 0 Å². The summed E-state index contributed by atoms with van der Waals surface area (Å²) >= 11 is 0. The van der Waals surface area contributed by atoms with E-state index in [1.165, 1.54) is 10.9 Å². The third-order valence-corrected chi connectivity index (χ3v) is 6.15. The lowest BCUT2D eigenvalue weighted by molar-refractivity contribution is -0.124. The standard InChI is InChI=1S/C26H23N7O3/c1-2-6-21(34)31-14-13-20(15-31)33-24-22(23(27)28-16-29-24)32(26(33)36)19-11-9-17(10-12-19)25(35)30-18-7-4-3-5-8-18/h3-5,7-12,16,20H,13-15H2,1H3,(H,30,35)(H2,27,28,29)/t20-/m1/s1. The second-order valence-electron chi connectivity index (χ2n) is 8.35. The van der Waals surface area contributed by atoms with E-state index >= 15 is 0 Å². The summed E-state index contributed by atoms with van der Waals surface area (Å²) in [6.45, 7) is 2.44. The molecule has 1 saturated heterocycles. The molecule has 0 saturated carbocycles. The van der Waals surface area contributed by atoms with Crippen LogP contribution in [0.3, 0.4) is 0 Å². The van der Waals surface area contributed by atoms with Crippen molar-refractivity contribution in [3.63, 3.8) is 0 Å². The first-order valence-electron chi connectivity index (χ1n) is 11.4. The zero-order chi connectivity index (χ0) is 25.2. The van der Waals surface area contributed by atoms with Crippen LogP contribution in [0.25, 0.3) is 16.9 Å². The number of nitrogen functional groups attached to an aromatic ring is 1. The number of nitrogens with one attached hydrogen (secondary N) is 1. The summed E-state index contributed by atoms with van der Waals surface area (Å²) in [5.41, 5.74) is 8.24. The number of anilines is 2. The van der Waals surface area contributed by atoms with Crippen LogP contribution in [0, 0.1) is 11.8 Å². The number of nitrogens with two attached hydrogens (primary N) is 1. The number of hydrogen-bond acceptors (Lipinski definition) is 6. The molecule has 180 valence electrons. The lowest BCUT2D eigenvalue weighted by Gasteiger charge is -2.14. The van der Waals surface area contributed by atoms with E-state index < -0.39 is 0 Å². The zero-order valence-electron chi connectivity index (χ0n) is 19.5. The number of carbonyl (C=O) groups excluding carboxylic acids is 2. The summed E-state index contributed by atoms with van der Waals surface area (Å²) in [6, 6.07) is 15.5. The Hall–Kier alpha value is -4.91. The Morgan fingerprint density at radius 3 is 2.56 bits per heavy atom. The van der Waals surface area contributed by atoms with E-state index in [1.54, 1.807) is 52.8 Å². The van der Waals surface area contributed by atoms with Gasteiger partial charge < -0.3 is 16.0 Å². The van der Waals surface area contributed by atoms with Crippen LogP contribution >= 0.6 is 0 Å². The molecule has 0 bridgehead atoms. The van der Waals surface area contributed by atoms with Crippen molar-refractivity contribution in [2.75, 3.05) is 24.1 Å². The van der Waals surface area contributed by atoms with Gasteiger partial charge in [0.2, 0.25) is 0 Å². The first-order chi connectivity index (χ1) is 17.5. The van der Waals surface area contributed by atoms with Crippen LogP contribution in [0.4, 0.5) is 11.5 Å². The van der Waals surface area contributed by atoms with E-state index in [-0.39, 0.29) is 29.4 Å². The molecule has 1 aliphatic heterocycles. The number of benzene rings is 2. The normalized spacial score (nSPS) is 14.9. The van der Waals surface area contributed by atoms with Crippen molar-refractivity contribution >= 4 is 34.5 Å². The van der Waals surface area contributed by atoms with Gasteiger partial charge in [-0.15, -0.1) is 0 Å². The third kappa shape index (κ3) is 4.07. The average molecular weight is 482 g/mol. The zero-order valence-corrected chi connectivity index (χ0v) is 19.5. The number of amides is 2. The van der Waals surface area contributed by atoms with Crippen molar-refractivity contribution in [2.24, 2.45) is 0 Å². The number of rotatable bonds is 4. The molecule has 5 rings (SSSR count). The minimum atomic E-state index is -0.348. The lowest BCUT2D eigenvalue weighted by Crippen LogP contribution is -2.31. The molecule has 2 amide bonds. The SMILES string of the molecule is CC#CC(=O)N1CC[C@@H](n2c(=O)n(-c3ccc(C(=O)Nc4ccccc4)cc3)c3c(N)ncnc32)C1. The van der Waals surface area contributed by atoms with Crippen LogP contribution in [-0.2, 0) is 4.79 Å². The molecule has 10 nitrogen and oxygen atoms in total. The van der Waals surface area contributed by atoms with Crippen LogP contribution in [0.15, 0.2) is 65.7 Å². The number of aromatic nitrogens is 4. The first kappa shape index (κ1) is 22.9. The summed E-state index contributed by atoms with van der Waals surface area (Å²) in [5.74, 6) is 4.79. The van der Waals surface area contributed by atoms with Crippen molar-refractivity contribution in [3.05, 3.63) is 77.0 Å². The number of fused-ring (bicyclic) bond motifs is 1. The molecule has 3 N–H and O–H groups in total. The van der Waals surface area contributed by atoms with E-state index in [0.717, 1.165) is 0 Å². The quantitative estimate of drug-likeness (QED) is 0.430. The molecule has 4 aromatic rings. The number of nitrogens with zero attached hydrogens (tertiary/aromatic N) is 5. The number of likely N-dealkylation sites (tertiary alicyclic amines) is 1. The maximum absolute atomic E-state index is 13.7. The van der Waals surface area contributed by atoms with Gasteiger partial charge in [0.15, 0.2) is 11.5 Å². The summed E-state index contributed by atoms with van der Waals surface area (Å²) in [5, 5.41) is 2.84. The Balaban J connectivity index is 1.51. The van der Waals surface area contributed by atoms with Gasteiger partial charge in [-0.25, -0.2) is 14.8 Å². The average Bonchev–Trinajstić information content (AvgIpc) is 3.48. The van der Waals surface area contributed by atoms with Gasteiger partial charge in [0.25, 0.3) is 11.8 Å². The van der Waals surface area contributed by atoms with E-state index in [1.807, 2.05) is 18.2 Å². The fourth-order valence-corrected chi connectivity index (χ4v) is 4.45. The molecule has 1 aliphatic rings. The van der Waals surface area contributed by atoms with E-state index in [2.05, 4.69) is 27.1 Å². The Labute approximate surface area is 206 Å². The van der Waals surface area contributed by atoms with Crippen molar-refractivity contribution in [3.8, 4) is 17.5 Å². The van der Waals surface area contributed by atoms with Gasteiger partial charge in [-0.3, -0.25) is 18.7 Å². The van der Waals surface area contributed by atoms with Crippen LogP contribution in [0.5, 0.6) is 0 Å². The van der Waals surface area contributed by atoms with Crippen LogP contribution < -0.4 is 16.7 Å². The predicted molar refractivity (Wildman–Crippen MR) is 136 cm³/mol. The lowest BCUT2D eigenvalue weighted by atomic mass is 10.2. The second-order valence-corrected chi connectivity index (χ2v) is 8.35. The summed E-state index contributed by atoms with van der Waals surface area (Å²) in [6.07, 6.45) is 1.90. The summed E-state index contributed by atoms with van der Waals surface area (Å²) in [4.78, 5) is 48.6. The number of para-hydroxylation sites is 1. The maximum atomic E-state index is 13.7. The second kappa shape index (κ2) is 9.38. The van der Waals surface area contributed by atoms with Crippen molar-refractivity contribution in [1.29, 1.82) is 0 Å². The minimum absolute atomic E-state index is 0.157. The highest BCUT2D eigenvalue weighted by molar-refractivity contribution is 6.04. The largest absolute Gasteiger partial charge is 0.382 e. The predicted octanol–water partition coefficient (Wildman–Crippen LogP) is 2.21. The number of imidazole rings is 1. The van der Waals surface area contributed by atoms with Gasteiger partial charge in [-0.05, 0) is 55.7 Å². The molecule has 0 spiro atoms. The monoisotopic (exact) mass is 481 g/mol. The minimum Gasteiger partial charge on any atom is -0.382 e. The Bertz CT molecular complexity index is 1580. The Morgan fingerprint density at radius 2 is 1.83 bits per heavy atom. The highest BCUT2D eigenvalue weighted by atomic mass is 16.2. The molecule has 10 heteroatoms. The van der Waals surface area contributed by atoms with E-state index in [4.69, 9.17) is 5.73 Å². The molecule has 0 unspecified atom stereocenters. The van der Waals surface area contributed by atoms with Crippen LogP contribution in [-0.4, -0.2) is 48.9 Å². The highest BCUT2D eigenvalue weighted by Gasteiger charge is 2.31. The van der Waals surface area contributed by atoms with Crippen LogP contribution in [0.1, 0.15) is 29.7 Å². The third-order valence-electron chi connectivity index (χ3n) is 6.15. The van der Waals surface area contributed by atoms with Crippen molar-refractivity contribution in [2.45, 2.75) is 19.4 Å². The molecule has 2 aromatic heterocycles. The molecule has 1 atom stereocenters. The van der Waals surface area contributed by atoms with Crippen molar-refractivity contribution < 1.29 is 9.59 Å². The maximum Gasteiger partial charge on any atom is 0.335 e. The molecular formula is C26H23N7O3. The molecule has 0 aliphatic carbocycles. The smallest absolute Gasteiger partial charge is 0.335 e. The first-order valence-corrected chi connectivity index (χ1v) is 11.4. The van der Waals surface area contributed by atoms with E-state index in [0.29, 0.717) is 47.6 Å². The Morgan fingerprint density at radius 1 is 1.08 bits per heavy atom. The molecule has 3 heterocycles. The molecule has 2 aromatic carbocycles. The molecule has 1 fully saturated rings. The fraction of sp³-hybridized carbons (Fsp3) is 0.192. The van der Waals surface area contributed by atoms with Crippen molar-refractivity contribution in [1.82, 2.24) is 24.0 Å². The van der Waals surface area contributed by atoms with Gasteiger partial charge in [-0.1, -0.05) is 24.1 Å². The van der Waals surface area contributed by atoms with Gasteiger partial charge >= 0.3 is 5.69 Å². The van der Waals surface area contributed by atoms with Crippen LogP contribution in [0.2, 0.25) is 0 Å². The highest BCUT2D eigenvalue weighted by Crippen LogP contribution is 2.27. The van der Waals surface area contributed by atoms with E-state index in [9.17, 15) is 14.4 Å². The molecule has 0 radical (unpaired) electrons. The van der Waals surface area contributed by atoms with Gasteiger partial charge in [0.1, 0.15) is 11.8 Å².